The van der Waals surface area contributed by atoms with E-state index in [1.807, 2.05) is 27.7 Å². The summed E-state index contributed by atoms with van der Waals surface area (Å²) in [5, 5.41) is 19.6. The van der Waals surface area contributed by atoms with Gasteiger partial charge >= 0.3 is 0 Å². The molecule has 2 rings (SSSR count). The molecule has 2 aliphatic rings. The van der Waals surface area contributed by atoms with Crippen molar-refractivity contribution in [2.45, 2.75) is 33.5 Å². The van der Waals surface area contributed by atoms with Gasteiger partial charge in [0.15, 0.2) is 5.79 Å². The van der Waals surface area contributed by atoms with Crippen LogP contribution >= 0.6 is 0 Å². The number of aliphatic hydroxyl groups is 2. The molecule has 21 heavy (non-hydrogen) atoms. The van der Waals surface area contributed by atoms with Gasteiger partial charge in [0.25, 0.3) is 0 Å². The first-order valence-corrected chi connectivity index (χ1v) is 7.39. The first kappa shape index (κ1) is 17.1. The van der Waals surface area contributed by atoms with Gasteiger partial charge in [-0.1, -0.05) is 27.7 Å². The van der Waals surface area contributed by atoms with E-state index in [0.29, 0.717) is 33.2 Å². The lowest BCUT2D eigenvalue weighted by molar-refractivity contribution is -0.406. The van der Waals surface area contributed by atoms with E-state index < -0.39 is 16.6 Å². The average Bonchev–Trinajstić information content (AvgIpc) is 2.48. The fourth-order valence-corrected chi connectivity index (χ4v) is 3.28. The van der Waals surface area contributed by atoms with Gasteiger partial charge in [-0.25, -0.2) is 0 Å². The molecule has 0 unspecified atom stereocenters. The molecule has 0 amide bonds. The van der Waals surface area contributed by atoms with Crippen LogP contribution in [0.3, 0.4) is 0 Å². The van der Waals surface area contributed by atoms with Gasteiger partial charge in [0.1, 0.15) is 6.79 Å². The second-order valence-electron chi connectivity index (χ2n) is 7.59. The number of rotatable bonds is 4. The van der Waals surface area contributed by atoms with Gasteiger partial charge in [-0.15, -0.1) is 0 Å². The summed E-state index contributed by atoms with van der Waals surface area (Å²) in [7, 11) is 0. The topological polar surface area (TPSA) is 77.4 Å². The lowest BCUT2D eigenvalue weighted by Gasteiger charge is -2.58. The van der Waals surface area contributed by atoms with Crippen molar-refractivity contribution in [1.82, 2.24) is 0 Å². The normalized spacial score (nSPS) is 26.0. The van der Waals surface area contributed by atoms with Gasteiger partial charge in [-0.2, -0.15) is 0 Å². The Labute approximate surface area is 126 Å². The predicted molar refractivity (Wildman–Crippen MR) is 75.6 cm³/mol. The van der Waals surface area contributed by atoms with Crippen LogP contribution in [0.2, 0.25) is 0 Å². The van der Waals surface area contributed by atoms with Gasteiger partial charge in [0, 0.05) is 10.8 Å². The Hall–Kier alpha value is -0.240. The maximum absolute atomic E-state index is 9.78. The Morgan fingerprint density at radius 1 is 0.810 bits per heavy atom. The zero-order valence-corrected chi connectivity index (χ0v) is 13.5. The van der Waals surface area contributed by atoms with E-state index in [9.17, 15) is 10.2 Å². The lowest BCUT2D eigenvalue weighted by atomic mass is 9.68. The third kappa shape index (κ3) is 2.73. The molecule has 0 aromatic heterocycles. The monoisotopic (exact) mass is 304 g/mol. The molecule has 6 nitrogen and oxygen atoms in total. The molecule has 124 valence electrons. The van der Waals surface area contributed by atoms with E-state index in [2.05, 4.69) is 0 Å². The molecule has 1 spiro atoms. The van der Waals surface area contributed by atoms with E-state index in [1.165, 1.54) is 0 Å². The van der Waals surface area contributed by atoms with Gasteiger partial charge in [-0.05, 0) is 0 Å². The van der Waals surface area contributed by atoms with Gasteiger partial charge < -0.3 is 29.2 Å². The van der Waals surface area contributed by atoms with Crippen LogP contribution in [0.4, 0.5) is 0 Å². The molecule has 0 atom stereocenters. The third-order valence-corrected chi connectivity index (χ3v) is 4.72. The zero-order valence-electron chi connectivity index (χ0n) is 13.5. The number of hydrogen-bond donors (Lipinski definition) is 2. The highest BCUT2D eigenvalue weighted by Gasteiger charge is 2.61. The second kappa shape index (κ2) is 5.76. The SMILES string of the molecule is CC(C)(CO)C1(C(C)(C)CO)OCC2(COCOC2)CO1. The molecule has 0 radical (unpaired) electrons. The van der Waals surface area contributed by atoms with Crippen molar-refractivity contribution in [3.8, 4) is 0 Å². The van der Waals surface area contributed by atoms with Crippen molar-refractivity contribution >= 4 is 0 Å². The summed E-state index contributed by atoms with van der Waals surface area (Å²) in [4.78, 5) is 0. The van der Waals surface area contributed by atoms with Crippen LogP contribution < -0.4 is 0 Å². The summed E-state index contributed by atoms with van der Waals surface area (Å²) in [6.07, 6.45) is 0. The molecule has 2 aliphatic heterocycles. The first-order valence-electron chi connectivity index (χ1n) is 7.39. The predicted octanol–water partition coefficient (Wildman–Crippen LogP) is 0.757. The quantitative estimate of drug-likeness (QED) is 0.798. The summed E-state index contributed by atoms with van der Waals surface area (Å²) < 4.78 is 23.1. The van der Waals surface area contributed by atoms with Crippen molar-refractivity contribution in [3.05, 3.63) is 0 Å². The molecule has 2 heterocycles. The highest BCUT2D eigenvalue weighted by molar-refractivity contribution is 5.01. The van der Waals surface area contributed by atoms with E-state index in [1.54, 1.807) is 0 Å². The molecule has 2 fully saturated rings. The highest BCUT2D eigenvalue weighted by Crippen LogP contribution is 2.51. The molecule has 6 heteroatoms. The van der Waals surface area contributed by atoms with Crippen LogP contribution in [-0.2, 0) is 18.9 Å². The van der Waals surface area contributed by atoms with Gasteiger partial charge in [0.2, 0.25) is 0 Å². The minimum Gasteiger partial charge on any atom is -0.396 e. The number of hydrogen-bond acceptors (Lipinski definition) is 6. The molecular formula is C15H28O6. The Kier molecular flexibility index (Phi) is 4.69. The van der Waals surface area contributed by atoms with Crippen LogP contribution in [-0.4, -0.2) is 62.4 Å². The van der Waals surface area contributed by atoms with Crippen LogP contribution in [0.15, 0.2) is 0 Å². The van der Waals surface area contributed by atoms with E-state index in [4.69, 9.17) is 18.9 Å². The molecule has 2 saturated heterocycles. The number of ether oxygens (including phenoxy) is 4. The van der Waals surface area contributed by atoms with Crippen molar-refractivity contribution in [2.75, 3.05) is 46.4 Å². The zero-order chi connectivity index (χ0) is 15.8. The van der Waals surface area contributed by atoms with Crippen LogP contribution in [0, 0.1) is 16.2 Å². The standard InChI is InChI=1S/C15H28O6/c1-12(2,5-16)15(13(3,4)6-17)20-9-14(10-21-15)7-18-11-19-8-14/h16-17H,5-11H2,1-4H3. The molecule has 0 saturated carbocycles. The third-order valence-electron chi connectivity index (χ3n) is 4.72. The lowest BCUT2D eigenvalue weighted by Crippen LogP contribution is -2.67. The fourth-order valence-electron chi connectivity index (χ4n) is 3.28. The smallest absolute Gasteiger partial charge is 0.182 e. The minimum absolute atomic E-state index is 0.101. The summed E-state index contributed by atoms with van der Waals surface area (Å²) in [6.45, 7) is 9.53. The molecule has 0 aliphatic carbocycles. The highest BCUT2D eigenvalue weighted by atomic mass is 16.7. The van der Waals surface area contributed by atoms with Gasteiger partial charge in [-0.3, -0.25) is 0 Å². The van der Waals surface area contributed by atoms with Crippen LogP contribution in [0.25, 0.3) is 0 Å². The number of aliphatic hydroxyl groups excluding tert-OH is 2. The Bertz CT molecular complexity index is 331. The van der Waals surface area contributed by atoms with Crippen molar-refractivity contribution in [3.63, 3.8) is 0 Å². The molecule has 0 bridgehead atoms. The van der Waals surface area contributed by atoms with Crippen molar-refractivity contribution in [2.24, 2.45) is 16.2 Å². The fraction of sp³-hybridized carbons (Fsp3) is 1.00. The minimum atomic E-state index is -1.06. The van der Waals surface area contributed by atoms with Gasteiger partial charge in [0.05, 0.1) is 45.1 Å². The summed E-state index contributed by atoms with van der Waals surface area (Å²) in [5.41, 5.74) is -1.62. The molecule has 0 aromatic carbocycles. The Morgan fingerprint density at radius 2 is 1.24 bits per heavy atom. The summed E-state index contributed by atoms with van der Waals surface area (Å²) in [6, 6.07) is 0. The maximum atomic E-state index is 9.78. The van der Waals surface area contributed by atoms with E-state index in [0.717, 1.165) is 0 Å². The van der Waals surface area contributed by atoms with E-state index >= 15 is 0 Å². The Balaban J connectivity index is 2.25. The largest absolute Gasteiger partial charge is 0.396 e. The van der Waals surface area contributed by atoms with Crippen LogP contribution in [0.1, 0.15) is 27.7 Å². The molecular weight excluding hydrogens is 276 g/mol. The van der Waals surface area contributed by atoms with Crippen molar-refractivity contribution < 1.29 is 29.2 Å². The maximum Gasteiger partial charge on any atom is 0.182 e. The van der Waals surface area contributed by atoms with Crippen molar-refractivity contribution in [1.29, 1.82) is 0 Å². The Morgan fingerprint density at radius 3 is 1.62 bits per heavy atom. The molecule has 0 aromatic rings. The molecule has 2 N–H and O–H groups in total. The summed E-state index contributed by atoms with van der Waals surface area (Å²) >= 11 is 0. The average molecular weight is 304 g/mol. The summed E-state index contributed by atoms with van der Waals surface area (Å²) in [5.74, 6) is -1.06. The van der Waals surface area contributed by atoms with E-state index in [-0.39, 0.29) is 18.6 Å². The first-order chi connectivity index (χ1) is 9.74. The van der Waals surface area contributed by atoms with Crippen LogP contribution in [0.5, 0.6) is 0 Å². The second-order valence-corrected chi connectivity index (χ2v) is 7.59.